The predicted molar refractivity (Wildman–Crippen MR) is 74.1 cm³/mol. The molecule has 0 bridgehead atoms. The van der Waals surface area contributed by atoms with Crippen LogP contribution in [0.1, 0.15) is 26.7 Å². The minimum atomic E-state index is 0.267. The van der Waals surface area contributed by atoms with Crippen LogP contribution in [0.25, 0.3) is 0 Å². The van der Waals surface area contributed by atoms with Crippen molar-refractivity contribution in [2.75, 3.05) is 13.1 Å². The highest BCUT2D eigenvalue weighted by molar-refractivity contribution is 6.29. The van der Waals surface area contributed by atoms with Gasteiger partial charge in [-0.3, -0.25) is 0 Å². The van der Waals surface area contributed by atoms with Gasteiger partial charge in [0.05, 0.1) is 6.20 Å². The molecule has 1 aromatic rings. The number of nitrogens with zero attached hydrogens (tertiary/aromatic N) is 1. The second-order valence-corrected chi connectivity index (χ2v) is 5.74. The maximum Gasteiger partial charge on any atom is 0.138 e. The van der Waals surface area contributed by atoms with Crippen LogP contribution in [0.2, 0.25) is 5.15 Å². The Morgan fingerprint density at radius 3 is 2.89 bits per heavy atom. The number of aromatic nitrogens is 1. The van der Waals surface area contributed by atoms with Crippen molar-refractivity contribution in [3.05, 3.63) is 23.5 Å². The Kier molecular flexibility index (Phi) is 4.84. The van der Waals surface area contributed by atoms with Gasteiger partial charge in [0.25, 0.3) is 0 Å². The third-order valence-electron chi connectivity index (χ3n) is 3.32. The average molecular weight is 269 g/mol. The molecule has 1 aromatic heterocycles. The zero-order valence-corrected chi connectivity index (χ0v) is 11.8. The third-order valence-corrected chi connectivity index (χ3v) is 3.54. The Bertz CT molecular complexity index is 361. The van der Waals surface area contributed by atoms with Crippen molar-refractivity contribution in [3.63, 3.8) is 0 Å². The largest absolute Gasteiger partial charge is 0.488 e. The Hall–Kier alpha value is -0.800. The summed E-state index contributed by atoms with van der Waals surface area (Å²) in [5, 5.41) is 3.91. The molecule has 0 aromatic carbocycles. The summed E-state index contributed by atoms with van der Waals surface area (Å²) in [6, 6.07) is 3.67. The maximum absolute atomic E-state index is 6.10. The highest BCUT2D eigenvalue weighted by atomic mass is 35.5. The molecule has 2 atom stereocenters. The lowest BCUT2D eigenvalue weighted by atomic mass is 9.93. The summed E-state index contributed by atoms with van der Waals surface area (Å²) < 4.78 is 6.10. The number of rotatable bonds is 5. The van der Waals surface area contributed by atoms with Crippen molar-refractivity contribution in [1.82, 2.24) is 10.3 Å². The maximum atomic E-state index is 6.10. The van der Waals surface area contributed by atoms with Crippen LogP contribution in [-0.4, -0.2) is 24.2 Å². The van der Waals surface area contributed by atoms with Crippen LogP contribution in [0.15, 0.2) is 18.3 Å². The van der Waals surface area contributed by atoms with Gasteiger partial charge < -0.3 is 10.1 Å². The first-order valence-electron chi connectivity index (χ1n) is 6.64. The van der Waals surface area contributed by atoms with Crippen molar-refractivity contribution in [1.29, 1.82) is 0 Å². The molecule has 100 valence electrons. The van der Waals surface area contributed by atoms with Gasteiger partial charge in [0.15, 0.2) is 0 Å². The van der Waals surface area contributed by atoms with Crippen molar-refractivity contribution >= 4 is 11.6 Å². The topological polar surface area (TPSA) is 34.1 Å². The third kappa shape index (κ3) is 3.85. The van der Waals surface area contributed by atoms with E-state index in [1.165, 1.54) is 6.42 Å². The summed E-state index contributed by atoms with van der Waals surface area (Å²) in [4.78, 5) is 4.06. The van der Waals surface area contributed by atoms with Crippen LogP contribution in [0.3, 0.4) is 0 Å². The lowest BCUT2D eigenvalue weighted by Gasteiger charge is -2.25. The smallest absolute Gasteiger partial charge is 0.138 e. The van der Waals surface area contributed by atoms with Crippen molar-refractivity contribution in [3.8, 4) is 5.75 Å². The van der Waals surface area contributed by atoms with E-state index in [1.54, 1.807) is 12.3 Å². The molecule has 1 aliphatic heterocycles. The van der Waals surface area contributed by atoms with Crippen LogP contribution in [-0.2, 0) is 0 Å². The first-order chi connectivity index (χ1) is 8.65. The summed E-state index contributed by atoms with van der Waals surface area (Å²) in [5.74, 6) is 2.05. The molecule has 1 N–H and O–H groups in total. The highest BCUT2D eigenvalue weighted by Crippen LogP contribution is 2.24. The average Bonchev–Trinajstić information content (AvgIpc) is 2.84. The molecule has 18 heavy (non-hydrogen) atoms. The fourth-order valence-electron chi connectivity index (χ4n) is 2.40. The Morgan fingerprint density at radius 1 is 1.50 bits per heavy atom. The van der Waals surface area contributed by atoms with E-state index in [4.69, 9.17) is 16.3 Å². The fourth-order valence-corrected chi connectivity index (χ4v) is 2.51. The second-order valence-electron chi connectivity index (χ2n) is 5.36. The lowest BCUT2D eigenvalue weighted by Crippen LogP contribution is -2.30. The Labute approximate surface area is 114 Å². The fraction of sp³-hybridized carbons (Fsp3) is 0.643. The molecule has 2 unspecified atom stereocenters. The van der Waals surface area contributed by atoms with Gasteiger partial charge in [0.2, 0.25) is 0 Å². The normalized spacial score (nSPS) is 21.2. The molecule has 0 aliphatic carbocycles. The summed E-state index contributed by atoms with van der Waals surface area (Å²) in [7, 11) is 0. The number of hydrogen-bond acceptors (Lipinski definition) is 3. The molecule has 0 saturated carbocycles. The zero-order valence-electron chi connectivity index (χ0n) is 11.0. The molecule has 0 spiro atoms. The van der Waals surface area contributed by atoms with E-state index in [0.29, 0.717) is 17.0 Å². The molecule has 4 heteroatoms. The van der Waals surface area contributed by atoms with Gasteiger partial charge >= 0.3 is 0 Å². The highest BCUT2D eigenvalue weighted by Gasteiger charge is 2.27. The van der Waals surface area contributed by atoms with Crippen LogP contribution >= 0.6 is 11.6 Å². The number of hydrogen-bond donors (Lipinski definition) is 1. The standard InChI is InChI=1S/C14H21ClN2O/c1-10(2)7-13(11-5-6-16-8-11)18-12-3-4-14(15)17-9-12/h3-4,9-11,13,16H,5-8H2,1-2H3. The van der Waals surface area contributed by atoms with Gasteiger partial charge in [-0.2, -0.15) is 0 Å². The van der Waals surface area contributed by atoms with E-state index >= 15 is 0 Å². The molecule has 1 saturated heterocycles. The van der Waals surface area contributed by atoms with Crippen LogP contribution in [0.4, 0.5) is 0 Å². The number of nitrogens with one attached hydrogen (secondary N) is 1. The zero-order chi connectivity index (χ0) is 13.0. The van der Waals surface area contributed by atoms with Crippen LogP contribution in [0, 0.1) is 11.8 Å². The summed E-state index contributed by atoms with van der Waals surface area (Å²) in [6.07, 6.45) is 4.24. The molecule has 0 amide bonds. The molecule has 2 heterocycles. The van der Waals surface area contributed by atoms with E-state index in [0.717, 1.165) is 25.3 Å². The predicted octanol–water partition coefficient (Wildman–Crippen LogP) is 3.14. The van der Waals surface area contributed by atoms with Gasteiger partial charge in [0.1, 0.15) is 17.0 Å². The van der Waals surface area contributed by atoms with Gasteiger partial charge in [-0.15, -0.1) is 0 Å². The van der Waals surface area contributed by atoms with E-state index in [-0.39, 0.29) is 6.10 Å². The van der Waals surface area contributed by atoms with Gasteiger partial charge in [-0.05, 0) is 37.4 Å². The molecule has 3 nitrogen and oxygen atoms in total. The molecule has 1 aliphatic rings. The first-order valence-corrected chi connectivity index (χ1v) is 7.02. The SMILES string of the molecule is CC(C)CC(Oc1ccc(Cl)nc1)C1CCNC1. The Balaban J connectivity index is 2.01. The minimum absolute atomic E-state index is 0.267. The molecular formula is C14H21ClN2O. The summed E-state index contributed by atoms with van der Waals surface area (Å²) >= 11 is 5.78. The number of halogens is 1. The van der Waals surface area contributed by atoms with Crippen molar-refractivity contribution in [2.45, 2.75) is 32.8 Å². The Morgan fingerprint density at radius 2 is 2.33 bits per heavy atom. The quantitative estimate of drug-likeness (QED) is 0.833. The molecule has 2 rings (SSSR count). The van der Waals surface area contributed by atoms with Gasteiger partial charge in [0, 0.05) is 12.5 Å². The van der Waals surface area contributed by atoms with Crippen molar-refractivity contribution < 1.29 is 4.74 Å². The van der Waals surface area contributed by atoms with Crippen LogP contribution < -0.4 is 10.1 Å². The van der Waals surface area contributed by atoms with E-state index in [1.807, 2.05) is 6.07 Å². The van der Waals surface area contributed by atoms with Crippen LogP contribution in [0.5, 0.6) is 5.75 Å². The van der Waals surface area contributed by atoms with E-state index in [9.17, 15) is 0 Å². The second kappa shape index (κ2) is 6.39. The molecule has 1 fully saturated rings. The minimum Gasteiger partial charge on any atom is -0.488 e. The van der Waals surface area contributed by atoms with Gasteiger partial charge in [-0.1, -0.05) is 25.4 Å². The number of pyridine rings is 1. The summed E-state index contributed by atoms with van der Waals surface area (Å²) in [5.41, 5.74) is 0. The first kappa shape index (κ1) is 13.6. The van der Waals surface area contributed by atoms with E-state index < -0.39 is 0 Å². The van der Waals surface area contributed by atoms with E-state index in [2.05, 4.69) is 24.1 Å². The monoisotopic (exact) mass is 268 g/mol. The van der Waals surface area contributed by atoms with Crippen molar-refractivity contribution in [2.24, 2.45) is 11.8 Å². The number of ether oxygens (including phenoxy) is 1. The van der Waals surface area contributed by atoms with Gasteiger partial charge in [-0.25, -0.2) is 4.98 Å². The lowest BCUT2D eigenvalue weighted by molar-refractivity contribution is 0.119. The summed E-state index contributed by atoms with van der Waals surface area (Å²) in [6.45, 7) is 6.62. The molecule has 0 radical (unpaired) electrons. The molecular weight excluding hydrogens is 248 g/mol.